The number of para-hydroxylation sites is 1. The summed E-state index contributed by atoms with van der Waals surface area (Å²) in [6.07, 6.45) is 3.62. The molecule has 0 saturated heterocycles. The van der Waals surface area contributed by atoms with Crippen LogP contribution in [-0.4, -0.2) is 41.2 Å². The van der Waals surface area contributed by atoms with Gasteiger partial charge in [-0.3, -0.25) is 0 Å². The molecule has 0 atom stereocenters. The Hall–Kier alpha value is -2.99. The Kier molecular flexibility index (Phi) is 7.05. The third-order valence-electron chi connectivity index (χ3n) is 3.65. The highest BCUT2D eigenvalue weighted by Gasteiger charge is 2.18. The first-order chi connectivity index (χ1) is 12.6. The van der Waals surface area contributed by atoms with E-state index >= 15 is 0 Å². The van der Waals surface area contributed by atoms with Crippen molar-refractivity contribution in [2.45, 2.75) is 0 Å². The number of carbonyl (C=O) groups is 1. The Balaban J connectivity index is 2.48. The Bertz CT molecular complexity index is 782. The summed E-state index contributed by atoms with van der Waals surface area (Å²) < 4.78 is 26.0. The van der Waals surface area contributed by atoms with Crippen LogP contribution in [0.25, 0.3) is 12.2 Å². The van der Waals surface area contributed by atoms with Gasteiger partial charge in [0.15, 0.2) is 6.79 Å². The smallest absolute Gasteiger partial charge is 0.342 e. The summed E-state index contributed by atoms with van der Waals surface area (Å²) in [4.78, 5) is 12.2. The Morgan fingerprint density at radius 2 is 1.65 bits per heavy atom. The second-order valence-corrected chi connectivity index (χ2v) is 5.21. The number of methoxy groups -OCH3 is 4. The largest absolute Gasteiger partial charge is 0.497 e. The topological polar surface area (TPSA) is 63.2 Å². The van der Waals surface area contributed by atoms with Crippen molar-refractivity contribution in [2.24, 2.45) is 0 Å². The van der Waals surface area contributed by atoms with E-state index < -0.39 is 5.97 Å². The molecule has 0 spiro atoms. The van der Waals surface area contributed by atoms with Crippen molar-refractivity contribution in [3.05, 3.63) is 53.1 Å². The van der Waals surface area contributed by atoms with Gasteiger partial charge in [0.2, 0.25) is 0 Å². The molecule has 6 heteroatoms. The molecule has 26 heavy (non-hydrogen) atoms. The molecule has 0 N–H and O–H groups in total. The zero-order chi connectivity index (χ0) is 18.9. The van der Waals surface area contributed by atoms with Crippen LogP contribution in [0.1, 0.15) is 21.5 Å². The predicted octanol–water partition coefficient (Wildman–Crippen LogP) is 3.64. The summed E-state index contributed by atoms with van der Waals surface area (Å²) in [6.45, 7) is 0.144. The first kappa shape index (κ1) is 19.3. The van der Waals surface area contributed by atoms with Crippen molar-refractivity contribution in [1.82, 2.24) is 0 Å². The van der Waals surface area contributed by atoms with Crippen molar-refractivity contribution in [3.63, 3.8) is 0 Å². The van der Waals surface area contributed by atoms with Gasteiger partial charge in [0.25, 0.3) is 0 Å². The Morgan fingerprint density at radius 1 is 0.923 bits per heavy atom. The van der Waals surface area contributed by atoms with Crippen LogP contribution in [-0.2, 0) is 9.47 Å². The van der Waals surface area contributed by atoms with Crippen LogP contribution in [0.5, 0.6) is 17.2 Å². The van der Waals surface area contributed by atoms with Crippen molar-refractivity contribution in [1.29, 1.82) is 0 Å². The van der Waals surface area contributed by atoms with Crippen LogP contribution in [0.15, 0.2) is 36.4 Å². The average molecular weight is 358 g/mol. The molecule has 0 fully saturated rings. The lowest BCUT2D eigenvalue weighted by molar-refractivity contribution is 0.0509. The molecule has 0 saturated carbocycles. The SMILES string of the molecule is COCOc1ccccc1/C=C/c1cc(OC)cc(OC)c1C(=O)OC. The maximum Gasteiger partial charge on any atom is 0.342 e. The molecule has 2 aromatic rings. The number of hydrogen-bond donors (Lipinski definition) is 0. The monoisotopic (exact) mass is 358 g/mol. The maximum atomic E-state index is 12.2. The summed E-state index contributed by atoms with van der Waals surface area (Å²) >= 11 is 0. The zero-order valence-electron chi connectivity index (χ0n) is 15.3. The van der Waals surface area contributed by atoms with Crippen molar-refractivity contribution in [2.75, 3.05) is 35.2 Å². The van der Waals surface area contributed by atoms with Crippen LogP contribution < -0.4 is 14.2 Å². The minimum absolute atomic E-state index is 0.144. The second-order valence-electron chi connectivity index (χ2n) is 5.21. The minimum atomic E-state index is -0.493. The number of benzene rings is 2. The highest BCUT2D eigenvalue weighted by molar-refractivity contribution is 5.98. The minimum Gasteiger partial charge on any atom is -0.497 e. The van der Waals surface area contributed by atoms with Crippen LogP contribution in [0.4, 0.5) is 0 Å². The Labute approximate surface area is 152 Å². The fourth-order valence-electron chi connectivity index (χ4n) is 2.39. The van der Waals surface area contributed by atoms with Gasteiger partial charge < -0.3 is 23.7 Å². The average Bonchev–Trinajstić information content (AvgIpc) is 2.69. The van der Waals surface area contributed by atoms with Crippen molar-refractivity contribution >= 4 is 18.1 Å². The molecular weight excluding hydrogens is 336 g/mol. The van der Waals surface area contributed by atoms with E-state index in [1.807, 2.05) is 30.3 Å². The van der Waals surface area contributed by atoms with Gasteiger partial charge in [0, 0.05) is 18.7 Å². The first-order valence-corrected chi connectivity index (χ1v) is 7.87. The Morgan fingerprint density at radius 3 is 2.31 bits per heavy atom. The normalized spacial score (nSPS) is 10.6. The molecule has 0 aliphatic heterocycles. The number of ether oxygens (including phenoxy) is 5. The van der Waals surface area contributed by atoms with E-state index in [0.29, 0.717) is 28.4 Å². The van der Waals surface area contributed by atoms with E-state index in [1.54, 1.807) is 32.4 Å². The van der Waals surface area contributed by atoms with Crippen LogP contribution in [0, 0.1) is 0 Å². The molecule has 2 aromatic carbocycles. The molecular formula is C20H22O6. The molecule has 0 bridgehead atoms. The highest BCUT2D eigenvalue weighted by Crippen LogP contribution is 2.31. The number of esters is 1. The molecule has 0 aliphatic carbocycles. The summed E-state index contributed by atoms with van der Waals surface area (Å²) in [7, 11) is 5.92. The molecule has 0 aromatic heterocycles. The lowest BCUT2D eigenvalue weighted by Gasteiger charge is -2.13. The van der Waals surface area contributed by atoms with Crippen LogP contribution >= 0.6 is 0 Å². The van der Waals surface area contributed by atoms with Gasteiger partial charge in [0.1, 0.15) is 22.8 Å². The van der Waals surface area contributed by atoms with E-state index in [1.165, 1.54) is 14.2 Å². The van der Waals surface area contributed by atoms with E-state index in [-0.39, 0.29) is 6.79 Å². The molecule has 0 aliphatic rings. The molecule has 0 unspecified atom stereocenters. The second kappa shape index (κ2) is 9.48. The standard InChI is InChI=1S/C20H22O6/c1-22-13-26-17-8-6-5-7-14(17)9-10-15-11-16(23-2)12-18(24-3)19(15)20(21)25-4/h5-12H,13H2,1-4H3/b10-9+. The van der Waals surface area contributed by atoms with E-state index in [0.717, 1.165) is 5.56 Å². The van der Waals surface area contributed by atoms with Gasteiger partial charge in [-0.1, -0.05) is 30.4 Å². The van der Waals surface area contributed by atoms with Crippen LogP contribution in [0.3, 0.4) is 0 Å². The molecule has 138 valence electrons. The quantitative estimate of drug-likeness (QED) is 0.408. The van der Waals surface area contributed by atoms with Crippen LogP contribution in [0.2, 0.25) is 0 Å². The molecule has 2 rings (SSSR count). The fourth-order valence-corrected chi connectivity index (χ4v) is 2.39. The van der Waals surface area contributed by atoms with Gasteiger partial charge in [-0.05, 0) is 17.7 Å². The lowest BCUT2D eigenvalue weighted by atomic mass is 10.0. The van der Waals surface area contributed by atoms with Gasteiger partial charge in [-0.25, -0.2) is 4.79 Å². The lowest BCUT2D eigenvalue weighted by Crippen LogP contribution is -2.07. The highest BCUT2D eigenvalue weighted by atomic mass is 16.7. The fraction of sp³-hybridized carbons (Fsp3) is 0.250. The van der Waals surface area contributed by atoms with E-state index in [4.69, 9.17) is 23.7 Å². The number of carbonyl (C=O) groups excluding carboxylic acids is 1. The summed E-state index contributed by atoms with van der Waals surface area (Å²) in [5.41, 5.74) is 1.76. The third kappa shape index (κ3) is 4.55. The summed E-state index contributed by atoms with van der Waals surface area (Å²) in [6, 6.07) is 10.9. The van der Waals surface area contributed by atoms with Gasteiger partial charge >= 0.3 is 5.97 Å². The summed E-state index contributed by atoms with van der Waals surface area (Å²) in [5.74, 6) is 1.12. The molecule has 0 radical (unpaired) electrons. The third-order valence-corrected chi connectivity index (χ3v) is 3.65. The van der Waals surface area contributed by atoms with E-state index in [2.05, 4.69) is 0 Å². The molecule has 0 amide bonds. The number of hydrogen-bond acceptors (Lipinski definition) is 6. The van der Waals surface area contributed by atoms with Crippen molar-refractivity contribution in [3.8, 4) is 17.2 Å². The van der Waals surface area contributed by atoms with Gasteiger partial charge in [0.05, 0.1) is 21.3 Å². The van der Waals surface area contributed by atoms with Gasteiger partial charge in [-0.15, -0.1) is 0 Å². The predicted molar refractivity (Wildman–Crippen MR) is 98.8 cm³/mol. The van der Waals surface area contributed by atoms with Crippen molar-refractivity contribution < 1.29 is 28.5 Å². The zero-order valence-corrected chi connectivity index (χ0v) is 15.3. The maximum absolute atomic E-state index is 12.2. The number of rotatable bonds is 8. The molecule has 0 heterocycles. The first-order valence-electron chi connectivity index (χ1n) is 7.87. The van der Waals surface area contributed by atoms with Gasteiger partial charge in [-0.2, -0.15) is 0 Å². The molecule has 6 nitrogen and oxygen atoms in total. The summed E-state index contributed by atoms with van der Waals surface area (Å²) in [5, 5.41) is 0. The van der Waals surface area contributed by atoms with E-state index in [9.17, 15) is 4.79 Å².